The van der Waals surface area contributed by atoms with Crippen LogP contribution in [-0.2, 0) is 27.4 Å². The number of nitrogens with one attached hydrogen (secondary N) is 1. The summed E-state index contributed by atoms with van der Waals surface area (Å²) in [5.41, 5.74) is 7.53. The van der Waals surface area contributed by atoms with Gasteiger partial charge < -0.3 is 20.7 Å². The third kappa shape index (κ3) is 4.02. The minimum Gasteiger partial charge on any atom is -0.381 e. The van der Waals surface area contributed by atoms with E-state index in [1.165, 1.54) is 0 Å². The molecule has 2 amide bonds. The molecule has 2 aliphatic rings. The largest absolute Gasteiger partial charge is 0.381 e. The van der Waals surface area contributed by atoms with Gasteiger partial charge in [0.05, 0.1) is 5.41 Å². The SMILES string of the molecule is NCC1(C(=O)NCc2ccccc2CN2CCCC2=O)CCOCC1. The highest BCUT2D eigenvalue weighted by atomic mass is 16.5. The quantitative estimate of drug-likeness (QED) is 0.811. The zero-order valence-electron chi connectivity index (χ0n) is 14.6. The summed E-state index contributed by atoms with van der Waals surface area (Å²) in [6.07, 6.45) is 2.90. The Balaban J connectivity index is 1.64. The Morgan fingerprint density at radius 1 is 1.24 bits per heavy atom. The predicted molar refractivity (Wildman–Crippen MR) is 94.5 cm³/mol. The van der Waals surface area contributed by atoms with Crippen LogP contribution >= 0.6 is 0 Å². The van der Waals surface area contributed by atoms with Crippen LogP contribution in [0, 0.1) is 5.41 Å². The molecule has 0 spiro atoms. The third-order valence-electron chi connectivity index (χ3n) is 5.41. The van der Waals surface area contributed by atoms with Gasteiger partial charge in [-0.1, -0.05) is 24.3 Å². The maximum atomic E-state index is 12.7. The molecule has 0 bridgehead atoms. The minimum absolute atomic E-state index is 0.00496. The van der Waals surface area contributed by atoms with Gasteiger partial charge in [-0.15, -0.1) is 0 Å². The Morgan fingerprint density at radius 2 is 1.96 bits per heavy atom. The fourth-order valence-corrected chi connectivity index (χ4v) is 3.61. The van der Waals surface area contributed by atoms with Crippen LogP contribution in [0.1, 0.15) is 36.8 Å². The van der Waals surface area contributed by atoms with E-state index in [0.717, 1.165) is 24.1 Å². The van der Waals surface area contributed by atoms with Crippen molar-refractivity contribution in [1.82, 2.24) is 10.2 Å². The van der Waals surface area contributed by atoms with Gasteiger partial charge in [0.15, 0.2) is 0 Å². The van der Waals surface area contributed by atoms with Crippen molar-refractivity contribution in [2.24, 2.45) is 11.1 Å². The summed E-state index contributed by atoms with van der Waals surface area (Å²) in [5, 5.41) is 3.06. The van der Waals surface area contributed by atoms with Gasteiger partial charge in [0.2, 0.25) is 11.8 Å². The molecule has 6 heteroatoms. The van der Waals surface area contributed by atoms with E-state index >= 15 is 0 Å². The normalized spacial score (nSPS) is 19.9. The lowest BCUT2D eigenvalue weighted by atomic mass is 9.79. The van der Waals surface area contributed by atoms with Gasteiger partial charge in [-0.05, 0) is 30.4 Å². The van der Waals surface area contributed by atoms with E-state index in [2.05, 4.69) is 5.32 Å². The summed E-state index contributed by atoms with van der Waals surface area (Å²) in [7, 11) is 0. The molecule has 0 radical (unpaired) electrons. The molecular weight excluding hydrogens is 318 g/mol. The number of ether oxygens (including phenoxy) is 1. The first-order chi connectivity index (χ1) is 12.1. The summed E-state index contributed by atoms with van der Waals surface area (Å²) in [6, 6.07) is 7.97. The second kappa shape index (κ2) is 7.97. The molecule has 1 aromatic carbocycles. The van der Waals surface area contributed by atoms with E-state index < -0.39 is 5.41 Å². The predicted octanol–water partition coefficient (Wildman–Crippen LogP) is 1.18. The van der Waals surface area contributed by atoms with Crippen LogP contribution in [-0.4, -0.2) is 43.0 Å². The van der Waals surface area contributed by atoms with Crippen LogP contribution in [0.25, 0.3) is 0 Å². The van der Waals surface area contributed by atoms with Gasteiger partial charge in [0.1, 0.15) is 0 Å². The lowest BCUT2D eigenvalue weighted by molar-refractivity contribution is -0.136. The highest BCUT2D eigenvalue weighted by Gasteiger charge is 2.38. The number of nitrogens with two attached hydrogens (primary N) is 1. The molecular formula is C19H27N3O3. The summed E-state index contributed by atoms with van der Waals surface area (Å²) >= 11 is 0. The van der Waals surface area contributed by atoms with Gasteiger partial charge in [-0.25, -0.2) is 0 Å². The van der Waals surface area contributed by atoms with E-state index in [1.807, 2.05) is 29.2 Å². The van der Waals surface area contributed by atoms with E-state index in [9.17, 15) is 9.59 Å². The van der Waals surface area contributed by atoms with Crippen molar-refractivity contribution in [3.63, 3.8) is 0 Å². The van der Waals surface area contributed by atoms with Gasteiger partial charge in [0.25, 0.3) is 0 Å². The lowest BCUT2D eigenvalue weighted by Gasteiger charge is -2.34. The molecule has 2 saturated heterocycles. The van der Waals surface area contributed by atoms with Crippen molar-refractivity contribution in [1.29, 1.82) is 0 Å². The van der Waals surface area contributed by atoms with Crippen molar-refractivity contribution < 1.29 is 14.3 Å². The second-order valence-electron chi connectivity index (χ2n) is 6.97. The Hall–Kier alpha value is -1.92. The van der Waals surface area contributed by atoms with Crippen molar-refractivity contribution >= 4 is 11.8 Å². The van der Waals surface area contributed by atoms with Crippen molar-refractivity contribution in [3.05, 3.63) is 35.4 Å². The smallest absolute Gasteiger partial charge is 0.227 e. The zero-order valence-corrected chi connectivity index (χ0v) is 14.6. The first-order valence-electron chi connectivity index (χ1n) is 9.05. The maximum absolute atomic E-state index is 12.7. The molecule has 3 N–H and O–H groups in total. The molecule has 6 nitrogen and oxygen atoms in total. The molecule has 3 rings (SSSR count). The number of carbonyl (C=O) groups excluding carboxylic acids is 2. The number of likely N-dealkylation sites (tertiary alicyclic amines) is 1. The van der Waals surface area contributed by atoms with Gasteiger partial charge in [-0.2, -0.15) is 0 Å². The van der Waals surface area contributed by atoms with E-state index in [4.69, 9.17) is 10.5 Å². The van der Waals surface area contributed by atoms with E-state index in [1.54, 1.807) is 0 Å². The molecule has 0 unspecified atom stereocenters. The van der Waals surface area contributed by atoms with Crippen LogP contribution in [0.4, 0.5) is 0 Å². The van der Waals surface area contributed by atoms with Crippen molar-refractivity contribution in [2.75, 3.05) is 26.3 Å². The summed E-state index contributed by atoms with van der Waals surface area (Å²) in [4.78, 5) is 26.5. The fourth-order valence-electron chi connectivity index (χ4n) is 3.61. The van der Waals surface area contributed by atoms with E-state index in [-0.39, 0.29) is 11.8 Å². The molecule has 2 fully saturated rings. The average Bonchev–Trinajstić information content (AvgIpc) is 3.06. The summed E-state index contributed by atoms with van der Waals surface area (Å²) in [6.45, 7) is 3.39. The van der Waals surface area contributed by atoms with Crippen LogP contribution in [0.2, 0.25) is 0 Å². The number of amides is 2. The van der Waals surface area contributed by atoms with Crippen molar-refractivity contribution in [2.45, 2.75) is 38.8 Å². The summed E-state index contributed by atoms with van der Waals surface area (Å²) < 4.78 is 5.37. The number of carbonyl (C=O) groups is 2. The third-order valence-corrected chi connectivity index (χ3v) is 5.41. The monoisotopic (exact) mass is 345 g/mol. The highest BCUT2D eigenvalue weighted by molar-refractivity contribution is 5.83. The molecule has 0 aromatic heterocycles. The summed E-state index contributed by atoms with van der Waals surface area (Å²) in [5.74, 6) is 0.216. The molecule has 0 atom stereocenters. The molecule has 0 aliphatic carbocycles. The van der Waals surface area contributed by atoms with Gasteiger partial charge in [-0.3, -0.25) is 9.59 Å². The van der Waals surface area contributed by atoms with Crippen LogP contribution in [0.15, 0.2) is 24.3 Å². The Bertz CT molecular complexity index is 626. The topological polar surface area (TPSA) is 84.7 Å². The van der Waals surface area contributed by atoms with E-state index in [0.29, 0.717) is 52.1 Å². The number of benzene rings is 1. The minimum atomic E-state index is -0.516. The Morgan fingerprint density at radius 3 is 2.60 bits per heavy atom. The first kappa shape index (κ1) is 17.9. The number of nitrogens with zero attached hydrogens (tertiary/aromatic N) is 1. The van der Waals surface area contributed by atoms with Crippen LogP contribution in [0.5, 0.6) is 0 Å². The zero-order chi connectivity index (χ0) is 17.7. The Labute approximate surface area is 148 Å². The number of hydrogen-bond acceptors (Lipinski definition) is 4. The van der Waals surface area contributed by atoms with Crippen LogP contribution < -0.4 is 11.1 Å². The Kier molecular flexibility index (Phi) is 5.71. The highest BCUT2D eigenvalue weighted by Crippen LogP contribution is 2.29. The lowest BCUT2D eigenvalue weighted by Crippen LogP contribution is -2.49. The average molecular weight is 345 g/mol. The number of rotatable bonds is 6. The molecule has 136 valence electrons. The van der Waals surface area contributed by atoms with Gasteiger partial charge in [0, 0.05) is 45.8 Å². The molecule has 1 aromatic rings. The molecule has 25 heavy (non-hydrogen) atoms. The number of hydrogen-bond donors (Lipinski definition) is 2. The second-order valence-corrected chi connectivity index (χ2v) is 6.97. The maximum Gasteiger partial charge on any atom is 0.227 e. The fraction of sp³-hybridized carbons (Fsp3) is 0.579. The molecule has 0 saturated carbocycles. The van der Waals surface area contributed by atoms with Gasteiger partial charge >= 0.3 is 0 Å². The molecule has 2 aliphatic heterocycles. The first-order valence-corrected chi connectivity index (χ1v) is 9.05. The standard InChI is InChI=1S/C19H27N3O3/c20-14-19(7-10-25-11-8-19)18(24)21-12-15-4-1-2-5-16(15)13-22-9-3-6-17(22)23/h1-2,4-5H,3,6-14,20H2,(H,21,24). The van der Waals surface area contributed by atoms with Crippen LogP contribution in [0.3, 0.4) is 0 Å². The van der Waals surface area contributed by atoms with Crippen molar-refractivity contribution in [3.8, 4) is 0 Å². The molecule has 2 heterocycles.